The van der Waals surface area contributed by atoms with Gasteiger partial charge in [0.25, 0.3) is 0 Å². The van der Waals surface area contributed by atoms with Crippen molar-refractivity contribution in [3.63, 3.8) is 0 Å². The first-order valence-electron chi connectivity index (χ1n) is 5.78. The largest absolute Gasteiger partial charge is 0.494 e. The fraction of sp³-hybridized carbons (Fsp3) is 0.462. The maximum Gasteiger partial charge on any atom is 0.250 e. The Hall–Kier alpha value is -1.55. The summed E-state index contributed by atoms with van der Waals surface area (Å²) in [5.74, 6) is 0.662. The summed E-state index contributed by atoms with van der Waals surface area (Å²) in [6.07, 6.45) is 2.16. The molecule has 0 aliphatic heterocycles. The number of hydrogen-bond donors (Lipinski definition) is 1. The third-order valence-electron chi connectivity index (χ3n) is 2.18. The van der Waals surface area contributed by atoms with Gasteiger partial charge in [-0.25, -0.2) is 0 Å². The molecule has 4 heteroatoms. The van der Waals surface area contributed by atoms with Crippen molar-refractivity contribution < 1.29 is 14.3 Å². The number of benzene rings is 1. The van der Waals surface area contributed by atoms with Crippen LogP contribution in [0.2, 0.25) is 0 Å². The van der Waals surface area contributed by atoms with Gasteiger partial charge in [0.1, 0.15) is 12.4 Å². The Kier molecular flexibility index (Phi) is 6.10. The van der Waals surface area contributed by atoms with E-state index in [4.69, 9.17) is 9.47 Å². The smallest absolute Gasteiger partial charge is 0.250 e. The first kappa shape index (κ1) is 13.5. The minimum Gasteiger partial charge on any atom is -0.494 e. The lowest BCUT2D eigenvalue weighted by Gasteiger charge is -2.07. The van der Waals surface area contributed by atoms with Crippen molar-refractivity contribution in [1.29, 1.82) is 0 Å². The minimum absolute atomic E-state index is 0.0642. The molecular formula is C13H19NO3. The Bertz CT molecular complexity index is 335. The van der Waals surface area contributed by atoms with Gasteiger partial charge in [-0.1, -0.05) is 13.3 Å². The van der Waals surface area contributed by atoms with E-state index in [2.05, 4.69) is 12.2 Å². The molecule has 1 amide bonds. The Morgan fingerprint density at radius 2 is 2.00 bits per heavy atom. The lowest BCUT2D eigenvalue weighted by Crippen LogP contribution is -2.16. The molecule has 0 aromatic heterocycles. The zero-order valence-corrected chi connectivity index (χ0v) is 10.4. The molecule has 0 saturated carbocycles. The van der Waals surface area contributed by atoms with E-state index in [1.165, 1.54) is 7.11 Å². The lowest BCUT2D eigenvalue weighted by atomic mass is 10.3. The van der Waals surface area contributed by atoms with Gasteiger partial charge in [-0.15, -0.1) is 0 Å². The summed E-state index contributed by atoms with van der Waals surface area (Å²) in [4.78, 5) is 11.2. The number of carbonyl (C=O) groups is 1. The highest BCUT2D eigenvalue weighted by Gasteiger charge is 2.01. The van der Waals surface area contributed by atoms with Crippen LogP contribution in [-0.4, -0.2) is 26.2 Å². The molecule has 0 saturated heterocycles. The molecule has 0 aliphatic carbocycles. The summed E-state index contributed by atoms with van der Waals surface area (Å²) in [5.41, 5.74) is 0.745. The van der Waals surface area contributed by atoms with Crippen LogP contribution in [0, 0.1) is 0 Å². The van der Waals surface area contributed by atoms with Gasteiger partial charge < -0.3 is 14.8 Å². The standard InChI is InChI=1S/C13H19NO3/c1-3-4-9-17-12-7-5-11(6-8-12)14-13(15)10-16-2/h5-8H,3-4,9-10H2,1-2H3,(H,14,15). The molecule has 17 heavy (non-hydrogen) atoms. The summed E-state index contributed by atoms with van der Waals surface area (Å²) in [6, 6.07) is 7.32. The molecular weight excluding hydrogens is 218 g/mol. The van der Waals surface area contributed by atoms with E-state index in [0.717, 1.165) is 30.9 Å². The van der Waals surface area contributed by atoms with Crippen LogP contribution in [0.1, 0.15) is 19.8 Å². The van der Waals surface area contributed by atoms with Gasteiger partial charge in [0, 0.05) is 12.8 Å². The van der Waals surface area contributed by atoms with Crippen LogP contribution in [-0.2, 0) is 9.53 Å². The fourth-order valence-corrected chi connectivity index (χ4v) is 1.30. The molecule has 0 heterocycles. The number of amides is 1. The second-order valence-electron chi connectivity index (χ2n) is 3.71. The molecule has 1 N–H and O–H groups in total. The predicted octanol–water partition coefficient (Wildman–Crippen LogP) is 2.45. The molecule has 0 radical (unpaired) electrons. The van der Waals surface area contributed by atoms with Crippen LogP contribution >= 0.6 is 0 Å². The quantitative estimate of drug-likeness (QED) is 0.741. The SMILES string of the molecule is CCCCOc1ccc(NC(=O)COC)cc1. The normalized spacial score (nSPS) is 10.0. The van der Waals surface area contributed by atoms with Crippen LogP contribution in [0.25, 0.3) is 0 Å². The van der Waals surface area contributed by atoms with E-state index in [0.29, 0.717) is 0 Å². The number of hydrogen-bond acceptors (Lipinski definition) is 3. The highest BCUT2D eigenvalue weighted by molar-refractivity contribution is 5.91. The van der Waals surface area contributed by atoms with Crippen molar-refractivity contribution in [2.75, 3.05) is 25.6 Å². The third-order valence-corrected chi connectivity index (χ3v) is 2.18. The number of ether oxygens (including phenoxy) is 2. The monoisotopic (exact) mass is 237 g/mol. The Morgan fingerprint density at radius 1 is 1.29 bits per heavy atom. The molecule has 0 spiro atoms. The highest BCUT2D eigenvalue weighted by Crippen LogP contribution is 2.15. The van der Waals surface area contributed by atoms with E-state index >= 15 is 0 Å². The highest BCUT2D eigenvalue weighted by atomic mass is 16.5. The van der Waals surface area contributed by atoms with E-state index in [-0.39, 0.29) is 12.5 Å². The van der Waals surface area contributed by atoms with Crippen LogP contribution in [0.4, 0.5) is 5.69 Å². The van der Waals surface area contributed by atoms with Crippen LogP contribution in [0.3, 0.4) is 0 Å². The fourth-order valence-electron chi connectivity index (χ4n) is 1.30. The van der Waals surface area contributed by atoms with Gasteiger partial charge in [-0.05, 0) is 30.7 Å². The van der Waals surface area contributed by atoms with Gasteiger partial charge >= 0.3 is 0 Å². The average Bonchev–Trinajstić information content (AvgIpc) is 2.32. The van der Waals surface area contributed by atoms with Gasteiger partial charge in [-0.3, -0.25) is 4.79 Å². The molecule has 1 rings (SSSR count). The third kappa shape index (κ3) is 5.36. The molecule has 0 aliphatic rings. The Labute approximate surface area is 102 Å². The molecule has 0 unspecified atom stereocenters. The maximum absolute atomic E-state index is 11.2. The number of rotatable bonds is 7. The second-order valence-corrected chi connectivity index (χ2v) is 3.71. The van der Waals surface area contributed by atoms with Crippen LogP contribution in [0.5, 0.6) is 5.75 Å². The van der Waals surface area contributed by atoms with Gasteiger partial charge in [0.15, 0.2) is 0 Å². The maximum atomic E-state index is 11.2. The summed E-state index contributed by atoms with van der Waals surface area (Å²) in [5, 5.41) is 2.72. The van der Waals surface area contributed by atoms with E-state index in [9.17, 15) is 4.79 Å². The Balaban J connectivity index is 2.41. The Morgan fingerprint density at radius 3 is 2.59 bits per heavy atom. The number of nitrogens with one attached hydrogen (secondary N) is 1. The first-order valence-corrected chi connectivity index (χ1v) is 5.78. The molecule has 1 aromatic rings. The van der Waals surface area contributed by atoms with Crippen molar-refractivity contribution in [2.45, 2.75) is 19.8 Å². The zero-order valence-electron chi connectivity index (χ0n) is 10.4. The molecule has 0 bridgehead atoms. The lowest BCUT2D eigenvalue weighted by molar-refractivity contribution is -0.119. The van der Waals surface area contributed by atoms with E-state index < -0.39 is 0 Å². The molecule has 1 aromatic carbocycles. The zero-order chi connectivity index (χ0) is 12.5. The summed E-state index contributed by atoms with van der Waals surface area (Å²) in [7, 11) is 1.49. The molecule has 4 nitrogen and oxygen atoms in total. The van der Waals surface area contributed by atoms with Crippen molar-refractivity contribution in [3.8, 4) is 5.75 Å². The van der Waals surface area contributed by atoms with Crippen molar-refractivity contribution in [1.82, 2.24) is 0 Å². The molecule has 94 valence electrons. The predicted molar refractivity (Wildman–Crippen MR) is 67.4 cm³/mol. The molecule has 0 atom stereocenters. The molecule has 0 fully saturated rings. The number of unbranched alkanes of at least 4 members (excludes halogenated alkanes) is 1. The van der Waals surface area contributed by atoms with Crippen molar-refractivity contribution in [3.05, 3.63) is 24.3 Å². The summed E-state index contributed by atoms with van der Waals surface area (Å²) in [6.45, 7) is 2.92. The number of methoxy groups -OCH3 is 1. The van der Waals surface area contributed by atoms with E-state index in [1.807, 2.05) is 24.3 Å². The van der Waals surface area contributed by atoms with Crippen LogP contribution < -0.4 is 10.1 Å². The van der Waals surface area contributed by atoms with Crippen molar-refractivity contribution in [2.24, 2.45) is 0 Å². The average molecular weight is 237 g/mol. The van der Waals surface area contributed by atoms with Gasteiger partial charge in [0.05, 0.1) is 6.61 Å². The first-order chi connectivity index (χ1) is 8.26. The second kappa shape index (κ2) is 7.68. The van der Waals surface area contributed by atoms with Gasteiger partial charge in [0.2, 0.25) is 5.91 Å². The summed E-state index contributed by atoms with van der Waals surface area (Å²) < 4.78 is 10.2. The van der Waals surface area contributed by atoms with Crippen molar-refractivity contribution >= 4 is 11.6 Å². The van der Waals surface area contributed by atoms with Gasteiger partial charge in [-0.2, -0.15) is 0 Å². The van der Waals surface area contributed by atoms with E-state index in [1.54, 1.807) is 0 Å². The topological polar surface area (TPSA) is 47.6 Å². The summed E-state index contributed by atoms with van der Waals surface area (Å²) >= 11 is 0. The minimum atomic E-state index is -0.160. The number of anilines is 1. The number of carbonyl (C=O) groups excluding carboxylic acids is 1. The van der Waals surface area contributed by atoms with Crippen LogP contribution in [0.15, 0.2) is 24.3 Å².